The van der Waals surface area contributed by atoms with Crippen LogP contribution >= 0.6 is 0 Å². The third-order valence-electron chi connectivity index (χ3n) is 2.92. The van der Waals surface area contributed by atoms with Gasteiger partial charge in [0.1, 0.15) is 5.76 Å². The number of anilines is 1. The van der Waals surface area contributed by atoms with Crippen LogP contribution in [0.5, 0.6) is 0 Å². The Balaban J connectivity index is 1.76. The summed E-state index contributed by atoms with van der Waals surface area (Å²) < 4.78 is 5.48. The number of hydrogen-bond acceptors (Lipinski definition) is 4. The maximum atomic E-state index is 11.7. The van der Waals surface area contributed by atoms with Crippen molar-refractivity contribution in [3.63, 3.8) is 0 Å². The number of rotatable bonds is 6. The van der Waals surface area contributed by atoms with Crippen LogP contribution in [0.2, 0.25) is 0 Å². The average Bonchev–Trinajstić information content (AvgIpc) is 2.95. The lowest BCUT2D eigenvalue weighted by Crippen LogP contribution is -2.17. The summed E-state index contributed by atoms with van der Waals surface area (Å²) in [5, 5.41) is 3.89. The number of furan rings is 1. The molecule has 5 heteroatoms. The van der Waals surface area contributed by atoms with Crippen molar-refractivity contribution >= 4 is 18.0 Å². The topological polar surface area (TPSA) is 57.8 Å². The molecule has 1 aromatic heterocycles. The van der Waals surface area contributed by atoms with Gasteiger partial charge in [-0.15, -0.1) is 0 Å². The van der Waals surface area contributed by atoms with Crippen molar-refractivity contribution in [2.75, 3.05) is 19.0 Å². The molecule has 2 rings (SSSR count). The van der Waals surface area contributed by atoms with Gasteiger partial charge in [-0.25, -0.2) is 5.43 Å². The number of carbonyl (C=O) groups excluding carboxylic acids is 1. The van der Waals surface area contributed by atoms with Gasteiger partial charge in [0.05, 0.1) is 6.21 Å². The van der Waals surface area contributed by atoms with E-state index in [0.717, 1.165) is 11.4 Å². The number of hydrazone groups is 1. The zero-order valence-electron chi connectivity index (χ0n) is 12.2. The summed E-state index contributed by atoms with van der Waals surface area (Å²) in [7, 11) is 3.79. The summed E-state index contributed by atoms with van der Waals surface area (Å²) in [5.74, 6) is 1.23. The van der Waals surface area contributed by atoms with Gasteiger partial charge in [0, 0.05) is 26.6 Å². The van der Waals surface area contributed by atoms with E-state index >= 15 is 0 Å². The number of nitrogens with zero attached hydrogens (tertiary/aromatic N) is 2. The predicted molar refractivity (Wildman–Crippen MR) is 83.5 cm³/mol. The Bertz CT molecular complexity index is 603. The summed E-state index contributed by atoms with van der Waals surface area (Å²) in [4.78, 5) is 13.5. The minimum absolute atomic E-state index is 0.116. The SMILES string of the molecule is CN(C)c1ccc(/C=N/NC(=O)CCc2ccccc2)o1. The van der Waals surface area contributed by atoms with Gasteiger partial charge in [-0.05, 0) is 18.1 Å². The van der Waals surface area contributed by atoms with Gasteiger partial charge in [0.25, 0.3) is 0 Å². The zero-order chi connectivity index (χ0) is 15.1. The lowest BCUT2D eigenvalue weighted by molar-refractivity contribution is -0.121. The van der Waals surface area contributed by atoms with Gasteiger partial charge in [-0.3, -0.25) is 4.79 Å². The molecule has 0 atom stereocenters. The van der Waals surface area contributed by atoms with Crippen LogP contribution in [0.3, 0.4) is 0 Å². The third-order valence-corrected chi connectivity index (χ3v) is 2.92. The molecule has 0 unspecified atom stereocenters. The molecule has 1 heterocycles. The highest BCUT2D eigenvalue weighted by Gasteiger charge is 2.02. The molecule has 0 aliphatic heterocycles. The number of nitrogens with one attached hydrogen (secondary N) is 1. The Morgan fingerprint density at radius 3 is 2.67 bits per heavy atom. The predicted octanol–water partition coefficient (Wildman–Crippen LogP) is 2.43. The molecule has 21 heavy (non-hydrogen) atoms. The Morgan fingerprint density at radius 2 is 2.00 bits per heavy atom. The van der Waals surface area contributed by atoms with E-state index in [1.54, 1.807) is 6.07 Å². The molecular formula is C16H19N3O2. The molecule has 0 fully saturated rings. The van der Waals surface area contributed by atoms with E-state index in [-0.39, 0.29) is 5.91 Å². The van der Waals surface area contributed by atoms with Crippen LogP contribution in [-0.2, 0) is 11.2 Å². The molecule has 1 amide bonds. The molecule has 1 aromatic carbocycles. The fourth-order valence-electron chi connectivity index (χ4n) is 1.78. The molecule has 0 aliphatic carbocycles. The van der Waals surface area contributed by atoms with E-state index < -0.39 is 0 Å². The van der Waals surface area contributed by atoms with Crippen LogP contribution in [0.15, 0.2) is 52.0 Å². The van der Waals surface area contributed by atoms with Crippen LogP contribution < -0.4 is 10.3 Å². The van der Waals surface area contributed by atoms with E-state index in [1.165, 1.54) is 6.21 Å². The van der Waals surface area contributed by atoms with Gasteiger partial charge in [-0.2, -0.15) is 5.10 Å². The highest BCUT2D eigenvalue weighted by atomic mass is 16.4. The second kappa shape index (κ2) is 7.28. The summed E-state index contributed by atoms with van der Waals surface area (Å²) in [6.07, 6.45) is 2.60. The van der Waals surface area contributed by atoms with Crippen molar-refractivity contribution in [1.82, 2.24) is 5.43 Å². The number of hydrogen-bond donors (Lipinski definition) is 1. The standard InChI is InChI=1S/C16H19N3O2/c1-19(2)16-11-9-14(21-16)12-17-18-15(20)10-8-13-6-4-3-5-7-13/h3-7,9,11-12H,8,10H2,1-2H3,(H,18,20)/b17-12+. The molecule has 2 aromatic rings. The van der Waals surface area contributed by atoms with Crippen LogP contribution in [0.4, 0.5) is 5.88 Å². The molecule has 0 saturated heterocycles. The molecule has 110 valence electrons. The van der Waals surface area contributed by atoms with E-state index in [0.29, 0.717) is 18.6 Å². The van der Waals surface area contributed by atoms with E-state index in [2.05, 4.69) is 10.5 Å². The maximum Gasteiger partial charge on any atom is 0.240 e. The van der Waals surface area contributed by atoms with Crippen molar-refractivity contribution < 1.29 is 9.21 Å². The Hall–Kier alpha value is -2.56. The minimum Gasteiger partial charge on any atom is -0.440 e. The van der Waals surface area contributed by atoms with Gasteiger partial charge in [0.2, 0.25) is 5.91 Å². The first-order chi connectivity index (χ1) is 10.1. The second-order valence-corrected chi connectivity index (χ2v) is 4.85. The van der Waals surface area contributed by atoms with Crippen LogP contribution in [-0.4, -0.2) is 26.2 Å². The summed E-state index contributed by atoms with van der Waals surface area (Å²) in [6.45, 7) is 0. The third kappa shape index (κ3) is 4.80. The first-order valence-electron chi connectivity index (χ1n) is 6.78. The van der Waals surface area contributed by atoms with Gasteiger partial charge in [-0.1, -0.05) is 30.3 Å². The van der Waals surface area contributed by atoms with Gasteiger partial charge >= 0.3 is 0 Å². The first-order valence-corrected chi connectivity index (χ1v) is 6.78. The van der Waals surface area contributed by atoms with Crippen molar-refractivity contribution in [1.29, 1.82) is 0 Å². The Labute approximate surface area is 124 Å². The van der Waals surface area contributed by atoms with Crippen molar-refractivity contribution in [2.24, 2.45) is 5.10 Å². The average molecular weight is 285 g/mol. The fraction of sp³-hybridized carbons (Fsp3) is 0.250. The monoisotopic (exact) mass is 285 g/mol. The molecule has 1 N–H and O–H groups in total. The second-order valence-electron chi connectivity index (χ2n) is 4.85. The quantitative estimate of drug-likeness (QED) is 0.655. The van der Waals surface area contributed by atoms with E-state index in [1.807, 2.05) is 55.4 Å². The Morgan fingerprint density at radius 1 is 1.24 bits per heavy atom. The number of carbonyl (C=O) groups is 1. The lowest BCUT2D eigenvalue weighted by atomic mass is 10.1. The van der Waals surface area contributed by atoms with Gasteiger partial charge in [0.15, 0.2) is 5.88 Å². The maximum absolute atomic E-state index is 11.7. The highest BCUT2D eigenvalue weighted by molar-refractivity contribution is 5.80. The summed E-state index contributed by atoms with van der Waals surface area (Å²) in [5.41, 5.74) is 3.63. The summed E-state index contributed by atoms with van der Waals surface area (Å²) >= 11 is 0. The number of benzene rings is 1. The van der Waals surface area contributed by atoms with Crippen LogP contribution in [0.1, 0.15) is 17.7 Å². The smallest absolute Gasteiger partial charge is 0.240 e. The molecular weight excluding hydrogens is 266 g/mol. The largest absolute Gasteiger partial charge is 0.440 e. The van der Waals surface area contributed by atoms with Crippen molar-refractivity contribution in [3.05, 3.63) is 53.8 Å². The fourth-order valence-corrected chi connectivity index (χ4v) is 1.78. The molecule has 0 aliphatic rings. The van der Waals surface area contributed by atoms with Crippen LogP contribution in [0.25, 0.3) is 0 Å². The van der Waals surface area contributed by atoms with Crippen molar-refractivity contribution in [3.8, 4) is 0 Å². The first kappa shape index (κ1) is 14.8. The molecule has 0 bridgehead atoms. The van der Waals surface area contributed by atoms with E-state index in [4.69, 9.17) is 4.42 Å². The van der Waals surface area contributed by atoms with Crippen molar-refractivity contribution in [2.45, 2.75) is 12.8 Å². The number of aryl methyl sites for hydroxylation is 1. The van der Waals surface area contributed by atoms with Gasteiger partial charge < -0.3 is 9.32 Å². The normalized spacial score (nSPS) is 10.8. The Kier molecular flexibility index (Phi) is 5.15. The molecule has 5 nitrogen and oxygen atoms in total. The zero-order valence-corrected chi connectivity index (χ0v) is 12.2. The summed E-state index contributed by atoms with van der Waals surface area (Å²) in [6, 6.07) is 13.5. The lowest BCUT2D eigenvalue weighted by Gasteiger charge is -2.05. The highest BCUT2D eigenvalue weighted by Crippen LogP contribution is 2.13. The number of amides is 1. The minimum atomic E-state index is -0.116. The molecule has 0 radical (unpaired) electrons. The van der Waals surface area contributed by atoms with E-state index in [9.17, 15) is 4.79 Å². The van der Waals surface area contributed by atoms with Crippen LogP contribution in [0, 0.1) is 0 Å². The molecule has 0 spiro atoms. The molecule has 0 saturated carbocycles.